The molecule has 0 spiro atoms. The molecule has 1 aliphatic rings. The SMILES string of the molecule is CC[C@@H](C)c1ccccc1NC(=O)COC(=O)c1ccc(CN2CCCC2=O)cc1. The number of hydrogen-bond donors (Lipinski definition) is 1. The normalized spacial score (nSPS) is 14.5. The molecule has 30 heavy (non-hydrogen) atoms. The monoisotopic (exact) mass is 408 g/mol. The first-order valence-electron chi connectivity index (χ1n) is 10.4. The molecule has 2 aromatic carbocycles. The number of amides is 2. The maximum atomic E-state index is 12.3. The summed E-state index contributed by atoms with van der Waals surface area (Å²) in [5, 5.41) is 2.83. The van der Waals surface area contributed by atoms with Gasteiger partial charge in [-0.05, 0) is 48.1 Å². The molecule has 2 amide bonds. The van der Waals surface area contributed by atoms with E-state index in [4.69, 9.17) is 4.74 Å². The number of anilines is 1. The number of carbonyl (C=O) groups excluding carboxylic acids is 3. The highest BCUT2D eigenvalue weighted by molar-refractivity contribution is 5.96. The Labute approximate surface area is 177 Å². The molecular formula is C24H28N2O4. The minimum atomic E-state index is -0.552. The minimum absolute atomic E-state index is 0.166. The maximum absolute atomic E-state index is 12.3. The van der Waals surface area contributed by atoms with Crippen molar-refractivity contribution in [2.45, 2.75) is 45.6 Å². The second kappa shape index (κ2) is 10.1. The molecular weight excluding hydrogens is 380 g/mol. The quantitative estimate of drug-likeness (QED) is 0.667. The Morgan fingerprint density at radius 2 is 1.87 bits per heavy atom. The molecule has 1 aliphatic heterocycles. The zero-order chi connectivity index (χ0) is 21.5. The van der Waals surface area contributed by atoms with Crippen molar-refractivity contribution in [2.24, 2.45) is 0 Å². The summed E-state index contributed by atoms with van der Waals surface area (Å²) in [4.78, 5) is 38.1. The largest absolute Gasteiger partial charge is 0.452 e. The summed E-state index contributed by atoms with van der Waals surface area (Å²) < 4.78 is 5.16. The Morgan fingerprint density at radius 1 is 1.13 bits per heavy atom. The highest BCUT2D eigenvalue weighted by atomic mass is 16.5. The third kappa shape index (κ3) is 5.47. The number of benzene rings is 2. The van der Waals surface area contributed by atoms with Crippen molar-refractivity contribution in [3.05, 3.63) is 65.2 Å². The van der Waals surface area contributed by atoms with E-state index in [1.807, 2.05) is 41.3 Å². The zero-order valence-corrected chi connectivity index (χ0v) is 17.5. The fourth-order valence-electron chi connectivity index (χ4n) is 3.50. The smallest absolute Gasteiger partial charge is 0.338 e. The Kier molecular flexibility index (Phi) is 7.22. The molecule has 1 fully saturated rings. The van der Waals surface area contributed by atoms with Gasteiger partial charge in [-0.1, -0.05) is 44.2 Å². The van der Waals surface area contributed by atoms with E-state index >= 15 is 0 Å². The number of nitrogens with one attached hydrogen (secondary N) is 1. The first kappa shape index (κ1) is 21.6. The van der Waals surface area contributed by atoms with Crippen LogP contribution in [-0.4, -0.2) is 35.8 Å². The van der Waals surface area contributed by atoms with Gasteiger partial charge in [0, 0.05) is 25.2 Å². The van der Waals surface area contributed by atoms with Gasteiger partial charge in [-0.15, -0.1) is 0 Å². The molecule has 0 radical (unpaired) electrons. The van der Waals surface area contributed by atoms with Gasteiger partial charge in [-0.25, -0.2) is 4.79 Å². The van der Waals surface area contributed by atoms with Crippen molar-refractivity contribution in [3.63, 3.8) is 0 Å². The lowest BCUT2D eigenvalue weighted by Crippen LogP contribution is -2.24. The summed E-state index contributed by atoms with van der Waals surface area (Å²) in [6, 6.07) is 14.6. The van der Waals surface area contributed by atoms with E-state index in [-0.39, 0.29) is 18.4 Å². The number of carbonyl (C=O) groups is 3. The van der Waals surface area contributed by atoms with Crippen LogP contribution in [0.1, 0.15) is 60.5 Å². The lowest BCUT2D eigenvalue weighted by atomic mass is 9.97. The number of nitrogens with zero attached hydrogens (tertiary/aromatic N) is 1. The van der Waals surface area contributed by atoms with Crippen LogP contribution in [0.4, 0.5) is 5.69 Å². The fraction of sp³-hybridized carbons (Fsp3) is 0.375. The zero-order valence-electron chi connectivity index (χ0n) is 17.5. The molecule has 0 bridgehead atoms. The third-order valence-corrected chi connectivity index (χ3v) is 5.45. The standard InChI is InChI=1S/C24H28N2O4/c1-3-17(2)20-7-4-5-8-21(20)25-22(27)16-30-24(29)19-12-10-18(11-13-19)15-26-14-6-9-23(26)28/h4-5,7-8,10-13,17H,3,6,9,14-16H2,1-2H3,(H,25,27)/t17-/m1/s1. The van der Waals surface area contributed by atoms with Gasteiger partial charge >= 0.3 is 5.97 Å². The van der Waals surface area contributed by atoms with E-state index in [9.17, 15) is 14.4 Å². The number of ether oxygens (including phenoxy) is 1. The Balaban J connectivity index is 1.52. The molecule has 2 aromatic rings. The summed E-state index contributed by atoms with van der Waals surface area (Å²) >= 11 is 0. The van der Waals surface area contributed by atoms with Crippen LogP contribution in [0.15, 0.2) is 48.5 Å². The molecule has 0 saturated carbocycles. The highest BCUT2D eigenvalue weighted by Gasteiger charge is 2.20. The molecule has 3 rings (SSSR count). The predicted molar refractivity (Wildman–Crippen MR) is 115 cm³/mol. The minimum Gasteiger partial charge on any atom is -0.452 e. The van der Waals surface area contributed by atoms with Gasteiger partial charge in [-0.2, -0.15) is 0 Å². The van der Waals surface area contributed by atoms with E-state index in [0.717, 1.165) is 36.2 Å². The topological polar surface area (TPSA) is 75.7 Å². The Morgan fingerprint density at radius 3 is 2.53 bits per heavy atom. The molecule has 0 unspecified atom stereocenters. The Bertz CT molecular complexity index is 908. The molecule has 0 aliphatic carbocycles. The van der Waals surface area contributed by atoms with Gasteiger partial charge in [0.25, 0.3) is 5.91 Å². The van der Waals surface area contributed by atoms with E-state index in [1.165, 1.54) is 0 Å². The maximum Gasteiger partial charge on any atom is 0.338 e. The molecule has 6 heteroatoms. The van der Waals surface area contributed by atoms with Gasteiger partial charge in [0.2, 0.25) is 5.91 Å². The first-order valence-corrected chi connectivity index (χ1v) is 10.4. The lowest BCUT2D eigenvalue weighted by molar-refractivity contribution is -0.128. The molecule has 1 atom stereocenters. The van der Waals surface area contributed by atoms with Crippen LogP contribution < -0.4 is 5.32 Å². The average Bonchev–Trinajstić information content (AvgIpc) is 3.16. The van der Waals surface area contributed by atoms with Crippen molar-refractivity contribution in [1.82, 2.24) is 4.90 Å². The van der Waals surface area contributed by atoms with Crippen LogP contribution >= 0.6 is 0 Å². The summed E-state index contributed by atoms with van der Waals surface area (Å²) in [5.41, 5.74) is 3.14. The van der Waals surface area contributed by atoms with E-state index in [2.05, 4.69) is 19.2 Å². The predicted octanol–water partition coefficient (Wildman–Crippen LogP) is 4.12. The number of esters is 1. The van der Waals surface area contributed by atoms with Crippen molar-refractivity contribution < 1.29 is 19.1 Å². The van der Waals surface area contributed by atoms with Crippen molar-refractivity contribution >= 4 is 23.5 Å². The molecule has 1 saturated heterocycles. The van der Waals surface area contributed by atoms with Gasteiger partial charge in [-0.3, -0.25) is 9.59 Å². The first-order chi connectivity index (χ1) is 14.5. The van der Waals surface area contributed by atoms with Gasteiger partial charge < -0.3 is 15.0 Å². The van der Waals surface area contributed by atoms with Gasteiger partial charge in [0.1, 0.15) is 0 Å². The molecule has 6 nitrogen and oxygen atoms in total. The van der Waals surface area contributed by atoms with E-state index < -0.39 is 5.97 Å². The third-order valence-electron chi connectivity index (χ3n) is 5.45. The number of para-hydroxylation sites is 1. The van der Waals surface area contributed by atoms with Crippen LogP contribution in [0, 0.1) is 0 Å². The second-order valence-corrected chi connectivity index (χ2v) is 7.64. The molecule has 1 N–H and O–H groups in total. The van der Waals surface area contributed by atoms with Crippen LogP contribution in [0.3, 0.4) is 0 Å². The number of hydrogen-bond acceptors (Lipinski definition) is 4. The molecule has 1 heterocycles. The molecule has 158 valence electrons. The second-order valence-electron chi connectivity index (χ2n) is 7.64. The fourth-order valence-corrected chi connectivity index (χ4v) is 3.50. The Hall–Kier alpha value is -3.15. The van der Waals surface area contributed by atoms with E-state index in [0.29, 0.717) is 24.4 Å². The molecule has 0 aromatic heterocycles. The van der Waals surface area contributed by atoms with Crippen LogP contribution in [0.5, 0.6) is 0 Å². The van der Waals surface area contributed by atoms with Gasteiger partial charge in [0.15, 0.2) is 6.61 Å². The number of likely N-dealkylation sites (tertiary alicyclic amines) is 1. The van der Waals surface area contributed by atoms with Crippen LogP contribution in [0.2, 0.25) is 0 Å². The summed E-state index contributed by atoms with van der Waals surface area (Å²) in [5.74, 6) is -0.440. The van der Waals surface area contributed by atoms with Crippen molar-refractivity contribution in [2.75, 3.05) is 18.5 Å². The lowest BCUT2D eigenvalue weighted by Gasteiger charge is -2.16. The van der Waals surface area contributed by atoms with Crippen molar-refractivity contribution in [3.8, 4) is 0 Å². The average molecular weight is 408 g/mol. The number of rotatable bonds is 8. The van der Waals surface area contributed by atoms with E-state index in [1.54, 1.807) is 12.1 Å². The summed E-state index contributed by atoms with van der Waals surface area (Å²) in [6.07, 6.45) is 2.46. The van der Waals surface area contributed by atoms with Crippen LogP contribution in [0.25, 0.3) is 0 Å². The summed E-state index contributed by atoms with van der Waals surface area (Å²) in [7, 11) is 0. The highest BCUT2D eigenvalue weighted by Crippen LogP contribution is 2.26. The van der Waals surface area contributed by atoms with Crippen molar-refractivity contribution in [1.29, 1.82) is 0 Å². The van der Waals surface area contributed by atoms with Crippen LogP contribution in [-0.2, 0) is 20.9 Å². The van der Waals surface area contributed by atoms with Gasteiger partial charge in [0.05, 0.1) is 5.56 Å². The summed E-state index contributed by atoms with van der Waals surface area (Å²) in [6.45, 7) is 5.18.